The minimum Gasteiger partial charge on any atom is -0.384 e. The highest BCUT2D eigenvalue weighted by atomic mass is 16.6. The van der Waals surface area contributed by atoms with Crippen molar-refractivity contribution in [2.24, 2.45) is 5.92 Å². The quantitative estimate of drug-likeness (QED) is 0.624. The van der Waals surface area contributed by atoms with Crippen LogP contribution in [-0.4, -0.2) is 30.0 Å². The number of nitro benzene ring substituents is 1. The van der Waals surface area contributed by atoms with Crippen molar-refractivity contribution in [1.82, 2.24) is 10.3 Å². The molecule has 2 aromatic rings. The van der Waals surface area contributed by atoms with Crippen LogP contribution >= 0.6 is 0 Å². The number of benzene rings is 1. The molecule has 0 aliphatic heterocycles. The lowest BCUT2D eigenvalue weighted by Crippen LogP contribution is -2.22. The molecule has 2 rings (SSSR count). The summed E-state index contributed by atoms with van der Waals surface area (Å²) in [7, 11) is 1.92. The molecule has 1 atom stereocenters. The molecule has 20 heavy (non-hydrogen) atoms. The van der Waals surface area contributed by atoms with Gasteiger partial charge in [-0.05, 0) is 31.6 Å². The number of hydrogen-bond acceptors (Lipinski definition) is 5. The van der Waals surface area contributed by atoms with Crippen LogP contribution in [0.25, 0.3) is 10.8 Å². The number of non-ortho nitro benzene ring substituents is 1. The van der Waals surface area contributed by atoms with Gasteiger partial charge in [0, 0.05) is 36.1 Å². The first-order valence-electron chi connectivity index (χ1n) is 6.53. The fraction of sp³-hybridized carbons (Fsp3) is 0.357. The van der Waals surface area contributed by atoms with Crippen LogP contribution in [0.2, 0.25) is 0 Å². The molecule has 1 aromatic heterocycles. The number of fused-ring (bicyclic) bond motifs is 1. The van der Waals surface area contributed by atoms with Gasteiger partial charge in [-0.3, -0.25) is 15.1 Å². The van der Waals surface area contributed by atoms with Crippen molar-refractivity contribution in [3.8, 4) is 0 Å². The van der Waals surface area contributed by atoms with Crippen LogP contribution in [0.4, 0.5) is 11.4 Å². The van der Waals surface area contributed by atoms with Crippen molar-refractivity contribution < 1.29 is 4.92 Å². The maximum absolute atomic E-state index is 11.0. The van der Waals surface area contributed by atoms with Crippen molar-refractivity contribution in [2.45, 2.75) is 6.92 Å². The predicted molar refractivity (Wildman–Crippen MR) is 80.0 cm³/mol. The summed E-state index contributed by atoms with van der Waals surface area (Å²) in [6, 6.07) is 4.96. The molecule has 1 unspecified atom stereocenters. The number of anilines is 1. The van der Waals surface area contributed by atoms with E-state index < -0.39 is 0 Å². The van der Waals surface area contributed by atoms with Crippen LogP contribution < -0.4 is 10.6 Å². The first-order valence-corrected chi connectivity index (χ1v) is 6.53. The lowest BCUT2D eigenvalue weighted by atomic mass is 10.1. The molecule has 2 N–H and O–H groups in total. The molecule has 0 fully saturated rings. The summed E-state index contributed by atoms with van der Waals surface area (Å²) in [6.07, 6.45) is 3.23. The number of hydrogen-bond donors (Lipinski definition) is 2. The van der Waals surface area contributed by atoms with Gasteiger partial charge in [-0.15, -0.1) is 0 Å². The highest BCUT2D eigenvalue weighted by molar-refractivity contribution is 5.99. The summed E-state index contributed by atoms with van der Waals surface area (Å²) >= 11 is 0. The average molecular weight is 274 g/mol. The first kappa shape index (κ1) is 14.2. The highest BCUT2D eigenvalue weighted by Crippen LogP contribution is 2.30. The van der Waals surface area contributed by atoms with Gasteiger partial charge in [0.05, 0.1) is 10.3 Å². The number of nitro groups is 1. The normalized spacial score (nSPS) is 12.3. The third-order valence-electron chi connectivity index (χ3n) is 3.19. The van der Waals surface area contributed by atoms with Crippen LogP contribution in [0, 0.1) is 16.0 Å². The third kappa shape index (κ3) is 3.03. The predicted octanol–water partition coefficient (Wildman–Crippen LogP) is 2.41. The van der Waals surface area contributed by atoms with Crippen LogP contribution in [0.5, 0.6) is 0 Å². The summed E-state index contributed by atoms with van der Waals surface area (Å²) in [4.78, 5) is 14.7. The Labute approximate surface area is 117 Å². The van der Waals surface area contributed by atoms with E-state index in [1.165, 1.54) is 6.07 Å². The van der Waals surface area contributed by atoms with Gasteiger partial charge in [-0.25, -0.2) is 0 Å². The van der Waals surface area contributed by atoms with Gasteiger partial charge < -0.3 is 10.6 Å². The fourth-order valence-corrected chi connectivity index (χ4v) is 2.19. The Kier molecular flexibility index (Phi) is 4.47. The Bertz CT molecular complexity index is 615. The summed E-state index contributed by atoms with van der Waals surface area (Å²) in [5.74, 6) is 0.460. The molecular weight excluding hydrogens is 256 g/mol. The topological polar surface area (TPSA) is 80.1 Å². The molecule has 106 valence electrons. The number of aromatic nitrogens is 1. The summed E-state index contributed by atoms with van der Waals surface area (Å²) in [5, 5.41) is 18.9. The number of rotatable bonds is 6. The van der Waals surface area contributed by atoms with E-state index in [0.29, 0.717) is 11.3 Å². The van der Waals surface area contributed by atoms with Crippen molar-refractivity contribution in [2.75, 3.05) is 25.5 Å². The lowest BCUT2D eigenvalue weighted by molar-refractivity contribution is -0.383. The summed E-state index contributed by atoms with van der Waals surface area (Å²) in [5.41, 5.74) is 0.984. The Morgan fingerprint density at radius 2 is 2.10 bits per heavy atom. The van der Waals surface area contributed by atoms with E-state index >= 15 is 0 Å². The molecule has 0 saturated heterocycles. The second-order valence-electron chi connectivity index (χ2n) is 4.85. The van der Waals surface area contributed by atoms with E-state index in [1.54, 1.807) is 24.5 Å². The van der Waals surface area contributed by atoms with Crippen molar-refractivity contribution in [1.29, 1.82) is 0 Å². The Hall–Kier alpha value is -2.21. The highest BCUT2D eigenvalue weighted by Gasteiger charge is 2.14. The number of nitrogens with zero attached hydrogens (tertiary/aromatic N) is 2. The van der Waals surface area contributed by atoms with Crippen LogP contribution in [-0.2, 0) is 0 Å². The second kappa shape index (κ2) is 6.29. The van der Waals surface area contributed by atoms with Gasteiger partial charge in [0.15, 0.2) is 0 Å². The first-order chi connectivity index (χ1) is 9.63. The zero-order valence-electron chi connectivity index (χ0n) is 11.6. The SMILES string of the molecule is CNCC(C)CNc1ccc([N+](=O)[O-])c2ccncc12. The minimum absolute atomic E-state index is 0.108. The Balaban J connectivity index is 2.31. The molecule has 0 bridgehead atoms. The lowest BCUT2D eigenvalue weighted by Gasteiger charge is -2.14. The Morgan fingerprint density at radius 3 is 2.80 bits per heavy atom. The van der Waals surface area contributed by atoms with Gasteiger partial charge in [0.1, 0.15) is 0 Å². The van der Waals surface area contributed by atoms with Crippen molar-refractivity contribution >= 4 is 22.1 Å². The van der Waals surface area contributed by atoms with E-state index in [0.717, 1.165) is 24.2 Å². The van der Waals surface area contributed by atoms with Gasteiger partial charge in [-0.2, -0.15) is 0 Å². The van der Waals surface area contributed by atoms with E-state index in [1.807, 2.05) is 7.05 Å². The smallest absolute Gasteiger partial charge is 0.277 e. The zero-order valence-corrected chi connectivity index (χ0v) is 11.6. The van der Waals surface area contributed by atoms with Gasteiger partial charge >= 0.3 is 0 Å². The van der Waals surface area contributed by atoms with Crippen LogP contribution in [0.15, 0.2) is 30.6 Å². The van der Waals surface area contributed by atoms with Gasteiger partial charge in [-0.1, -0.05) is 6.92 Å². The Morgan fingerprint density at radius 1 is 1.30 bits per heavy atom. The molecule has 0 radical (unpaired) electrons. The van der Waals surface area contributed by atoms with Gasteiger partial charge in [0.25, 0.3) is 5.69 Å². The molecule has 0 amide bonds. The summed E-state index contributed by atoms with van der Waals surface area (Å²) in [6.45, 7) is 3.84. The number of nitrogens with one attached hydrogen (secondary N) is 2. The van der Waals surface area contributed by atoms with Crippen molar-refractivity contribution in [3.05, 3.63) is 40.7 Å². The molecule has 6 nitrogen and oxygen atoms in total. The molecule has 1 aromatic carbocycles. The molecule has 0 aliphatic carbocycles. The zero-order chi connectivity index (χ0) is 14.5. The standard InChI is InChI=1S/C14H18N4O2/c1-10(7-15-2)8-17-13-3-4-14(18(19)20)11-5-6-16-9-12(11)13/h3-6,9-10,15,17H,7-8H2,1-2H3. The maximum Gasteiger partial charge on any atom is 0.277 e. The minimum atomic E-state index is -0.365. The fourth-order valence-electron chi connectivity index (χ4n) is 2.19. The third-order valence-corrected chi connectivity index (χ3v) is 3.19. The van der Waals surface area contributed by atoms with E-state index in [-0.39, 0.29) is 10.6 Å². The van der Waals surface area contributed by atoms with E-state index in [4.69, 9.17) is 0 Å². The maximum atomic E-state index is 11.0. The molecule has 0 spiro atoms. The summed E-state index contributed by atoms with van der Waals surface area (Å²) < 4.78 is 0. The van der Waals surface area contributed by atoms with E-state index in [9.17, 15) is 10.1 Å². The molecule has 0 saturated carbocycles. The number of pyridine rings is 1. The molecule has 1 heterocycles. The van der Waals surface area contributed by atoms with Crippen molar-refractivity contribution in [3.63, 3.8) is 0 Å². The van der Waals surface area contributed by atoms with Crippen LogP contribution in [0.3, 0.4) is 0 Å². The average Bonchev–Trinajstić information content (AvgIpc) is 2.44. The molecule has 0 aliphatic rings. The van der Waals surface area contributed by atoms with Gasteiger partial charge in [0.2, 0.25) is 0 Å². The molecule has 6 heteroatoms. The largest absolute Gasteiger partial charge is 0.384 e. The van der Waals surface area contributed by atoms with E-state index in [2.05, 4.69) is 22.5 Å². The molecular formula is C14H18N4O2. The monoisotopic (exact) mass is 274 g/mol. The van der Waals surface area contributed by atoms with Crippen LogP contribution in [0.1, 0.15) is 6.92 Å². The second-order valence-corrected chi connectivity index (χ2v) is 4.85.